The van der Waals surface area contributed by atoms with Gasteiger partial charge < -0.3 is 15.4 Å². The normalized spacial score (nSPS) is 10.0. The number of nitrogens with zero attached hydrogens (tertiary/aromatic N) is 1. The Morgan fingerprint density at radius 1 is 1.17 bits per heavy atom. The van der Waals surface area contributed by atoms with Gasteiger partial charge in [-0.15, -0.1) is 0 Å². The molecule has 2 N–H and O–H groups in total. The third-order valence-corrected chi connectivity index (χ3v) is 3.56. The molecule has 0 fully saturated rings. The van der Waals surface area contributed by atoms with E-state index in [-0.39, 0.29) is 5.69 Å². The van der Waals surface area contributed by atoms with Crippen LogP contribution in [0.2, 0.25) is 0 Å². The molecule has 0 spiro atoms. The first-order chi connectivity index (χ1) is 10.9. The molecule has 0 atom stereocenters. The second kappa shape index (κ2) is 7.06. The Kier molecular flexibility index (Phi) is 5.13. The molecule has 2 aromatic rings. The molecule has 0 aromatic heterocycles. The number of hydrogen-bond acceptors (Lipinski definition) is 4. The Labute approximate surface area is 139 Å². The first-order valence-corrected chi connectivity index (χ1v) is 7.30. The lowest BCUT2D eigenvalue weighted by atomic mass is 10.1. The fraction of sp³-hybridized carbons (Fsp3) is 0.188. The van der Waals surface area contributed by atoms with Crippen molar-refractivity contribution in [3.05, 3.63) is 57.6 Å². The first-order valence-electron chi connectivity index (χ1n) is 6.89. The van der Waals surface area contributed by atoms with Crippen molar-refractivity contribution in [1.29, 1.82) is 0 Å². The zero-order valence-corrected chi connectivity index (χ0v) is 13.9. The number of thiocarbonyl (C=S) groups is 1. The number of methoxy groups -OCH3 is 1. The van der Waals surface area contributed by atoms with Crippen LogP contribution in [-0.4, -0.2) is 17.1 Å². The van der Waals surface area contributed by atoms with Crippen LogP contribution in [0.3, 0.4) is 0 Å². The minimum absolute atomic E-state index is 0.0472. The molecule has 0 heterocycles. The molecule has 7 heteroatoms. The number of aryl methyl sites for hydroxylation is 1. The summed E-state index contributed by atoms with van der Waals surface area (Å²) in [6.45, 7) is 3.64. The smallest absolute Gasteiger partial charge is 0.274 e. The van der Waals surface area contributed by atoms with Crippen molar-refractivity contribution >= 4 is 34.4 Å². The van der Waals surface area contributed by atoms with E-state index in [1.165, 1.54) is 6.07 Å². The number of nitro benzene ring substituents is 1. The molecule has 0 aliphatic carbocycles. The maximum atomic E-state index is 11.0. The van der Waals surface area contributed by atoms with E-state index in [0.717, 1.165) is 11.3 Å². The molecule has 0 bridgehead atoms. The molecular weight excluding hydrogens is 314 g/mol. The predicted molar refractivity (Wildman–Crippen MR) is 95.4 cm³/mol. The summed E-state index contributed by atoms with van der Waals surface area (Å²) in [5.41, 5.74) is 2.95. The van der Waals surface area contributed by atoms with Crippen LogP contribution in [0.15, 0.2) is 36.4 Å². The molecule has 6 nitrogen and oxygen atoms in total. The second-order valence-electron chi connectivity index (χ2n) is 4.99. The van der Waals surface area contributed by atoms with Crippen LogP contribution in [0.4, 0.5) is 17.1 Å². The van der Waals surface area contributed by atoms with Crippen LogP contribution in [0.1, 0.15) is 11.1 Å². The average molecular weight is 331 g/mol. The zero-order valence-electron chi connectivity index (χ0n) is 13.0. The molecule has 23 heavy (non-hydrogen) atoms. The molecule has 2 rings (SSSR count). The lowest BCUT2D eigenvalue weighted by Gasteiger charge is -2.15. The highest BCUT2D eigenvalue weighted by molar-refractivity contribution is 7.80. The van der Waals surface area contributed by atoms with Crippen molar-refractivity contribution < 1.29 is 9.66 Å². The largest absolute Gasteiger partial charge is 0.495 e. The van der Waals surface area contributed by atoms with Gasteiger partial charge in [0.15, 0.2) is 5.11 Å². The SMILES string of the molecule is COc1ccc(C)cc1NC(=S)Nc1cccc([N+](=O)[O-])c1C. The van der Waals surface area contributed by atoms with E-state index in [9.17, 15) is 10.1 Å². The lowest BCUT2D eigenvalue weighted by Crippen LogP contribution is -2.20. The van der Waals surface area contributed by atoms with E-state index in [2.05, 4.69) is 10.6 Å². The Morgan fingerprint density at radius 2 is 1.87 bits per heavy atom. The number of benzene rings is 2. The van der Waals surface area contributed by atoms with E-state index in [1.807, 2.05) is 25.1 Å². The van der Waals surface area contributed by atoms with Crippen molar-refractivity contribution in [3.63, 3.8) is 0 Å². The number of hydrogen-bond donors (Lipinski definition) is 2. The summed E-state index contributed by atoms with van der Waals surface area (Å²) in [5.74, 6) is 0.663. The Balaban J connectivity index is 2.19. The number of nitrogens with one attached hydrogen (secondary N) is 2. The van der Waals surface area contributed by atoms with Crippen molar-refractivity contribution in [2.75, 3.05) is 17.7 Å². The number of ether oxygens (including phenoxy) is 1. The van der Waals surface area contributed by atoms with Gasteiger partial charge in [0.05, 0.1) is 29.0 Å². The van der Waals surface area contributed by atoms with Crippen LogP contribution in [0, 0.1) is 24.0 Å². The maximum absolute atomic E-state index is 11.0. The standard InChI is InChI=1S/C16H17N3O3S/c1-10-7-8-15(22-3)13(9-10)18-16(23)17-12-5-4-6-14(11(12)2)19(20)21/h4-9H,1-3H3,(H2,17,18,23). The second-order valence-corrected chi connectivity index (χ2v) is 5.40. The molecule has 120 valence electrons. The van der Waals surface area contributed by atoms with Gasteiger partial charge in [-0.05, 0) is 49.8 Å². The average Bonchev–Trinajstić information content (AvgIpc) is 2.49. The highest BCUT2D eigenvalue weighted by atomic mass is 32.1. The fourth-order valence-electron chi connectivity index (χ4n) is 2.15. The highest BCUT2D eigenvalue weighted by Crippen LogP contribution is 2.27. The number of nitro groups is 1. The summed E-state index contributed by atoms with van der Waals surface area (Å²) in [7, 11) is 1.58. The van der Waals surface area contributed by atoms with Gasteiger partial charge in [-0.1, -0.05) is 12.1 Å². The quantitative estimate of drug-likeness (QED) is 0.500. The summed E-state index contributed by atoms with van der Waals surface area (Å²) in [6, 6.07) is 10.5. The van der Waals surface area contributed by atoms with Gasteiger partial charge in [0.25, 0.3) is 5.69 Å². The maximum Gasteiger partial charge on any atom is 0.274 e. The number of anilines is 2. The minimum Gasteiger partial charge on any atom is -0.495 e. The summed E-state index contributed by atoms with van der Waals surface area (Å²) in [5, 5.41) is 17.4. The summed E-state index contributed by atoms with van der Waals surface area (Å²) >= 11 is 5.29. The topological polar surface area (TPSA) is 76.4 Å². The van der Waals surface area contributed by atoms with E-state index in [4.69, 9.17) is 17.0 Å². The van der Waals surface area contributed by atoms with Crippen molar-refractivity contribution in [2.45, 2.75) is 13.8 Å². The molecular formula is C16H17N3O3S. The van der Waals surface area contributed by atoms with Gasteiger partial charge in [0.2, 0.25) is 0 Å². The van der Waals surface area contributed by atoms with Crippen LogP contribution in [0.25, 0.3) is 0 Å². The van der Waals surface area contributed by atoms with Crippen molar-refractivity contribution in [2.24, 2.45) is 0 Å². The summed E-state index contributed by atoms with van der Waals surface area (Å²) in [4.78, 5) is 10.6. The molecule has 0 amide bonds. The van der Waals surface area contributed by atoms with Gasteiger partial charge in [-0.2, -0.15) is 0 Å². The first kappa shape index (κ1) is 16.7. The van der Waals surface area contributed by atoms with Crippen LogP contribution in [-0.2, 0) is 0 Å². The van der Waals surface area contributed by atoms with Crippen LogP contribution < -0.4 is 15.4 Å². The van der Waals surface area contributed by atoms with Crippen LogP contribution >= 0.6 is 12.2 Å². The third-order valence-electron chi connectivity index (χ3n) is 3.35. The van der Waals surface area contributed by atoms with E-state index in [1.54, 1.807) is 26.2 Å². The van der Waals surface area contributed by atoms with Gasteiger partial charge in [-0.25, -0.2) is 0 Å². The monoisotopic (exact) mass is 331 g/mol. The minimum atomic E-state index is -0.416. The Bertz CT molecular complexity index is 762. The van der Waals surface area contributed by atoms with Crippen molar-refractivity contribution in [3.8, 4) is 5.75 Å². The molecule has 2 aromatic carbocycles. The molecule has 0 aliphatic rings. The zero-order chi connectivity index (χ0) is 17.0. The molecule has 0 saturated heterocycles. The summed E-state index contributed by atoms with van der Waals surface area (Å²) < 4.78 is 5.29. The Hall–Kier alpha value is -2.67. The van der Waals surface area contributed by atoms with Gasteiger partial charge in [-0.3, -0.25) is 10.1 Å². The number of rotatable bonds is 4. The third kappa shape index (κ3) is 3.95. The van der Waals surface area contributed by atoms with Gasteiger partial charge in [0.1, 0.15) is 5.75 Å². The molecule has 0 radical (unpaired) electrons. The lowest BCUT2D eigenvalue weighted by molar-refractivity contribution is -0.385. The molecule has 0 aliphatic heterocycles. The van der Waals surface area contributed by atoms with E-state index in [0.29, 0.717) is 22.1 Å². The summed E-state index contributed by atoms with van der Waals surface area (Å²) in [6.07, 6.45) is 0. The van der Waals surface area contributed by atoms with E-state index >= 15 is 0 Å². The van der Waals surface area contributed by atoms with Crippen molar-refractivity contribution in [1.82, 2.24) is 0 Å². The molecule has 0 unspecified atom stereocenters. The van der Waals surface area contributed by atoms with Gasteiger partial charge >= 0.3 is 0 Å². The van der Waals surface area contributed by atoms with Gasteiger partial charge in [0, 0.05) is 6.07 Å². The highest BCUT2D eigenvalue weighted by Gasteiger charge is 2.14. The van der Waals surface area contributed by atoms with E-state index < -0.39 is 4.92 Å². The molecule has 0 saturated carbocycles. The Morgan fingerprint density at radius 3 is 2.52 bits per heavy atom. The van der Waals surface area contributed by atoms with Crippen LogP contribution in [0.5, 0.6) is 5.75 Å². The predicted octanol–water partition coefficient (Wildman–Crippen LogP) is 4.03. The fourth-order valence-corrected chi connectivity index (χ4v) is 2.37.